The van der Waals surface area contributed by atoms with E-state index >= 15 is 0 Å². The number of benzene rings is 2. The second kappa shape index (κ2) is 7.00. The second-order valence-electron chi connectivity index (χ2n) is 5.30. The predicted octanol–water partition coefficient (Wildman–Crippen LogP) is 3.39. The summed E-state index contributed by atoms with van der Waals surface area (Å²) in [6.07, 6.45) is 3.72. The molecule has 0 spiro atoms. The van der Waals surface area contributed by atoms with Crippen molar-refractivity contribution in [3.8, 4) is 17.1 Å². The molecule has 1 aromatic heterocycles. The molecule has 0 saturated heterocycles. The fourth-order valence-corrected chi connectivity index (χ4v) is 2.50. The van der Waals surface area contributed by atoms with Crippen molar-refractivity contribution in [1.82, 2.24) is 9.55 Å². The van der Waals surface area contributed by atoms with E-state index in [9.17, 15) is 4.79 Å². The lowest BCUT2D eigenvalue weighted by Crippen LogP contribution is -2.03. The molecule has 0 amide bonds. The van der Waals surface area contributed by atoms with Crippen molar-refractivity contribution in [3.05, 3.63) is 72.1 Å². The van der Waals surface area contributed by atoms with Gasteiger partial charge in [0.1, 0.15) is 11.6 Å². The molecule has 0 aliphatic rings. The third kappa shape index (κ3) is 3.30. The van der Waals surface area contributed by atoms with Crippen molar-refractivity contribution in [3.63, 3.8) is 0 Å². The summed E-state index contributed by atoms with van der Waals surface area (Å²) in [4.78, 5) is 15.9. The van der Waals surface area contributed by atoms with Gasteiger partial charge in [0, 0.05) is 24.5 Å². The first kappa shape index (κ1) is 15.8. The smallest absolute Gasteiger partial charge is 0.337 e. The maximum atomic E-state index is 11.5. The van der Waals surface area contributed by atoms with Gasteiger partial charge in [0.2, 0.25) is 0 Å². The molecule has 0 aliphatic carbocycles. The molecule has 0 bridgehead atoms. The number of hydrogen-bond acceptors (Lipinski definition) is 4. The molecule has 0 radical (unpaired) electrons. The molecule has 2 aromatic carbocycles. The quantitative estimate of drug-likeness (QED) is 0.676. The van der Waals surface area contributed by atoms with Gasteiger partial charge in [-0.05, 0) is 42.0 Å². The van der Waals surface area contributed by atoms with Crippen molar-refractivity contribution in [1.29, 1.82) is 0 Å². The Kier molecular flexibility index (Phi) is 4.61. The zero-order valence-corrected chi connectivity index (χ0v) is 13.6. The van der Waals surface area contributed by atoms with Gasteiger partial charge < -0.3 is 14.0 Å². The molecule has 24 heavy (non-hydrogen) atoms. The van der Waals surface area contributed by atoms with Crippen LogP contribution in [0.4, 0.5) is 0 Å². The fraction of sp³-hybridized carbons (Fsp3) is 0.158. The van der Waals surface area contributed by atoms with Crippen molar-refractivity contribution >= 4 is 5.97 Å². The molecule has 5 nitrogen and oxygen atoms in total. The number of ether oxygens (including phenoxy) is 2. The minimum atomic E-state index is -0.330. The number of imidazole rings is 1. The molecule has 0 saturated carbocycles. The largest absolute Gasteiger partial charge is 0.497 e. The summed E-state index contributed by atoms with van der Waals surface area (Å²) in [6, 6.07) is 15.2. The summed E-state index contributed by atoms with van der Waals surface area (Å²) in [5, 5.41) is 0. The Morgan fingerprint density at radius 2 is 1.75 bits per heavy atom. The number of methoxy groups -OCH3 is 2. The van der Waals surface area contributed by atoms with Crippen LogP contribution in [0.3, 0.4) is 0 Å². The Morgan fingerprint density at radius 1 is 1.04 bits per heavy atom. The number of carbonyl (C=O) groups excluding carboxylic acids is 1. The number of nitrogens with zero attached hydrogens (tertiary/aromatic N) is 2. The molecule has 0 N–H and O–H groups in total. The second-order valence-corrected chi connectivity index (χ2v) is 5.30. The molecule has 0 atom stereocenters. The monoisotopic (exact) mass is 322 g/mol. The van der Waals surface area contributed by atoms with Gasteiger partial charge in [-0.25, -0.2) is 9.78 Å². The Bertz CT molecular complexity index is 821. The summed E-state index contributed by atoms with van der Waals surface area (Å²) in [5.41, 5.74) is 2.64. The van der Waals surface area contributed by atoms with E-state index in [1.54, 1.807) is 25.4 Å². The number of rotatable bonds is 5. The van der Waals surface area contributed by atoms with Gasteiger partial charge in [-0.3, -0.25) is 0 Å². The van der Waals surface area contributed by atoms with Gasteiger partial charge in [-0.1, -0.05) is 12.1 Å². The predicted molar refractivity (Wildman–Crippen MR) is 91.1 cm³/mol. The first-order valence-electron chi connectivity index (χ1n) is 7.54. The van der Waals surface area contributed by atoms with Crippen LogP contribution < -0.4 is 4.74 Å². The van der Waals surface area contributed by atoms with E-state index < -0.39 is 0 Å². The Balaban J connectivity index is 1.81. The minimum Gasteiger partial charge on any atom is -0.497 e. The van der Waals surface area contributed by atoms with Crippen LogP contribution in [0, 0.1) is 0 Å². The average molecular weight is 322 g/mol. The van der Waals surface area contributed by atoms with Crippen LogP contribution in [-0.2, 0) is 11.3 Å². The Morgan fingerprint density at radius 3 is 2.38 bits per heavy atom. The van der Waals surface area contributed by atoms with Gasteiger partial charge in [-0.15, -0.1) is 0 Å². The molecule has 3 aromatic rings. The SMILES string of the molecule is COC(=O)c1ccc(Cn2ccnc2-c2ccc(OC)cc2)cc1. The van der Waals surface area contributed by atoms with Crippen LogP contribution in [0.2, 0.25) is 0 Å². The molecular weight excluding hydrogens is 304 g/mol. The number of esters is 1. The van der Waals surface area contributed by atoms with E-state index in [0.717, 1.165) is 22.7 Å². The summed E-state index contributed by atoms with van der Waals surface area (Å²) in [6.45, 7) is 0.669. The molecule has 0 fully saturated rings. The molecule has 5 heteroatoms. The van der Waals surface area contributed by atoms with Crippen LogP contribution in [-0.4, -0.2) is 29.7 Å². The highest BCUT2D eigenvalue weighted by molar-refractivity contribution is 5.89. The van der Waals surface area contributed by atoms with Crippen LogP contribution in [0.15, 0.2) is 60.9 Å². The molecule has 3 rings (SSSR count). The third-order valence-electron chi connectivity index (χ3n) is 3.79. The summed E-state index contributed by atoms with van der Waals surface area (Å²) < 4.78 is 12.0. The third-order valence-corrected chi connectivity index (χ3v) is 3.79. The van der Waals surface area contributed by atoms with Gasteiger partial charge in [0.05, 0.1) is 19.8 Å². The highest BCUT2D eigenvalue weighted by Gasteiger charge is 2.08. The van der Waals surface area contributed by atoms with Gasteiger partial charge >= 0.3 is 5.97 Å². The standard InChI is InChI=1S/C19H18N2O3/c1-23-17-9-7-15(8-10-17)18-20-11-12-21(18)13-14-3-5-16(6-4-14)19(22)24-2/h3-12H,13H2,1-2H3. The zero-order chi connectivity index (χ0) is 16.9. The maximum absolute atomic E-state index is 11.5. The van der Waals surface area contributed by atoms with E-state index in [2.05, 4.69) is 9.55 Å². The van der Waals surface area contributed by atoms with E-state index in [0.29, 0.717) is 12.1 Å². The Hall–Kier alpha value is -3.08. The topological polar surface area (TPSA) is 53.4 Å². The summed E-state index contributed by atoms with van der Waals surface area (Å²) in [7, 11) is 3.02. The lowest BCUT2D eigenvalue weighted by molar-refractivity contribution is 0.0600. The Labute approximate surface area is 140 Å². The lowest BCUT2D eigenvalue weighted by Gasteiger charge is -2.09. The van der Waals surface area contributed by atoms with Crippen molar-refractivity contribution in [2.24, 2.45) is 0 Å². The number of aromatic nitrogens is 2. The molecule has 0 aliphatic heterocycles. The van der Waals surface area contributed by atoms with E-state index in [1.165, 1.54) is 7.11 Å². The molecule has 1 heterocycles. The highest BCUT2D eigenvalue weighted by atomic mass is 16.5. The first-order chi connectivity index (χ1) is 11.7. The highest BCUT2D eigenvalue weighted by Crippen LogP contribution is 2.22. The van der Waals surface area contributed by atoms with Crippen LogP contribution in [0.5, 0.6) is 5.75 Å². The van der Waals surface area contributed by atoms with Crippen LogP contribution in [0.1, 0.15) is 15.9 Å². The van der Waals surface area contributed by atoms with E-state index in [1.807, 2.05) is 42.6 Å². The van der Waals surface area contributed by atoms with Gasteiger partial charge in [-0.2, -0.15) is 0 Å². The van der Waals surface area contributed by atoms with Gasteiger partial charge in [0.25, 0.3) is 0 Å². The summed E-state index contributed by atoms with van der Waals surface area (Å²) in [5.74, 6) is 1.37. The fourth-order valence-electron chi connectivity index (χ4n) is 2.50. The van der Waals surface area contributed by atoms with Crippen molar-refractivity contribution < 1.29 is 14.3 Å². The molecule has 122 valence electrons. The van der Waals surface area contributed by atoms with Gasteiger partial charge in [0.15, 0.2) is 0 Å². The van der Waals surface area contributed by atoms with Crippen molar-refractivity contribution in [2.75, 3.05) is 14.2 Å². The molecular formula is C19H18N2O3. The minimum absolute atomic E-state index is 0.330. The average Bonchev–Trinajstić information content (AvgIpc) is 3.10. The van der Waals surface area contributed by atoms with Crippen molar-refractivity contribution in [2.45, 2.75) is 6.54 Å². The zero-order valence-electron chi connectivity index (χ0n) is 13.6. The van der Waals surface area contributed by atoms with Crippen LogP contribution >= 0.6 is 0 Å². The first-order valence-corrected chi connectivity index (χ1v) is 7.54. The lowest BCUT2D eigenvalue weighted by atomic mass is 10.1. The molecule has 0 unspecified atom stereocenters. The van der Waals surface area contributed by atoms with E-state index in [-0.39, 0.29) is 5.97 Å². The maximum Gasteiger partial charge on any atom is 0.337 e. The normalized spacial score (nSPS) is 10.4. The number of hydrogen-bond donors (Lipinski definition) is 0. The summed E-state index contributed by atoms with van der Waals surface area (Å²) >= 11 is 0. The van der Waals surface area contributed by atoms with Crippen LogP contribution in [0.25, 0.3) is 11.4 Å². The number of carbonyl (C=O) groups is 1. The van der Waals surface area contributed by atoms with E-state index in [4.69, 9.17) is 9.47 Å².